The van der Waals surface area contributed by atoms with Crippen molar-refractivity contribution in [1.29, 1.82) is 0 Å². The SMILES string of the molecule is Oc1c(Cl)ccc(Br)c1[C@@H](C1CCCCC1)N1CCNCC1. The molecule has 122 valence electrons. The van der Waals surface area contributed by atoms with Crippen molar-refractivity contribution in [1.82, 2.24) is 10.2 Å². The van der Waals surface area contributed by atoms with E-state index in [1.54, 1.807) is 6.07 Å². The van der Waals surface area contributed by atoms with Crippen LogP contribution in [0.15, 0.2) is 16.6 Å². The fraction of sp³-hybridized carbons (Fsp3) is 0.647. The number of halogens is 2. The molecule has 3 rings (SSSR count). The van der Waals surface area contributed by atoms with Gasteiger partial charge in [-0.1, -0.05) is 46.8 Å². The number of aromatic hydroxyl groups is 1. The Labute approximate surface area is 146 Å². The molecule has 0 unspecified atom stereocenters. The number of hydrogen-bond acceptors (Lipinski definition) is 3. The van der Waals surface area contributed by atoms with Crippen LogP contribution < -0.4 is 5.32 Å². The van der Waals surface area contributed by atoms with Gasteiger partial charge in [0.25, 0.3) is 0 Å². The second-order valence-corrected chi connectivity index (χ2v) is 7.68. The molecule has 1 aliphatic heterocycles. The van der Waals surface area contributed by atoms with Gasteiger partial charge in [0.2, 0.25) is 0 Å². The number of rotatable bonds is 3. The lowest BCUT2D eigenvalue weighted by Crippen LogP contribution is -2.47. The van der Waals surface area contributed by atoms with E-state index in [0.717, 1.165) is 36.2 Å². The minimum absolute atomic E-state index is 0.255. The van der Waals surface area contributed by atoms with Crippen LogP contribution in [0.2, 0.25) is 5.02 Å². The molecule has 1 atom stereocenters. The summed E-state index contributed by atoms with van der Waals surface area (Å²) >= 11 is 9.86. The van der Waals surface area contributed by atoms with Gasteiger partial charge >= 0.3 is 0 Å². The molecule has 22 heavy (non-hydrogen) atoms. The third-order valence-electron chi connectivity index (χ3n) is 5.05. The molecule has 1 saturated heterocycles. The van der Waals surface area contributed by atoms with E-state index in [2.05, 4.69) is 26.1 Å². The topological polar surface area (TPSA) is 35.5 Å². The molecule has 2 fully saturated rings. The summed E-state index contributed by atoms with van der Waals surface area (Å²) in [6.45, 7) is 4.09. The van der Waals surface area contributed by atoms with Crippen LogP contribution in [0.1, 0.15) is 43.7 Å². The Hall–Kier alpha value is -0.290. The Morgan fingerprint density at radius 2 is 1.86 bits per heavy atom. The zero-order valence-electron chi connectivity index (χ0n) is 12.8. The molecule has 2 aliphatic rings. The third-order valence-corrected chi connectivity index (χ3v) is 6.05. The highest BCUT2D eigenvalue weighted by molar-refractivity contribution is 9.10. The van der Waals surface area contributed by atoms with Crippen molar-refractivity contribution in [2.75, 3.05) is 26.2 Å². The van der Waals surface area contributed by atoms with E-state index in [0.29, 0.717) is 10.9 Å². The van der Waals surface area contributed by atoms with Crippen molar-refractivity contribution >= 4 is 27.5 Å². The van der Waals surface area contributed by atoms with Crippen LogP contribution in [0.25, 0.3) is 0 Å². The molecule has 1 aromatic rings. The molecular weight excluding hydrogens is 364 g/mol. The molecule has 0 aromatic heterocycles. The first-order valence-electron chi connectivity index (χ1n) is 8.30. The summed E-state index contributed by atoms with van der Waals surface area (Å²) in [5.41, 5.74) is 0.987. The second-order valence-electron chi connectivity index (χ2n) is 6.42. The van der Waals surface area contributed by atoms with Crippen LogP contribution in [0.4, 0.5) is 0 Å². The molecule has 2 N–H and O–H groups in total. The van der Waals surface area contributed by atoms with E-state index in [-0.39, 0.29) is 11.8 Å². The minimum atomic E-state index is 0.255. The smallest absolute Gasteiger partial charge is 0.140 e. The number of hydrogen-bond donors (Lipinski definition) is 2. The molecule has 1 heterocycles. The Balaban J connectivity index is 1.98. The van der Waals surface area contributed by atoms with Crippen LogP contribution in [0.5, 0.6) is 5.75 Å². The fourth-order valence-electron chi connectivity index (χ4n) is 3.96. The van der Waals surface area contributed by atoms with Gasteiger partial charge in [0.15, 0.2) is 0 Å². The van der Waals surface area contributed by atoms with Gasteiger partial charge in [-0.2, -0.15) is 0 Å². The Bertz CT molecular complexity index is 496. The van der Waals surface area contributed by atoms with Crippen LogP contribution in [-0.2, 0) is 0 Å². The lowest BCUT2D eigenvalue weighted by atomic mass is 9.80. The zero-order chi connectivity index (χ0) is 15.5. The largest absolute Gasteiger partial charge is 0.506 e. The summed E-state index contributed by atoms with van der Waals surface area (Å²) in [5.74, 6) is 0.859. The van der Waals surface area contributed by atoms with E-state index in [4.69, 9.17) is 11.6 Å². The zero-order valence-corrected chi connectivity index (χ0v) is 15.2. The van der Waals surface area contributed by atoms with Gasteiger partial charge in [0, 0.05) is 42.3 Å². The van der Waals surface area contributed by atoms with Gasteiger partial charge in [-0.15, -0.1) is 0 Å². The van der Waals surface area contributed by atoms with Crippen LogP contribution in [0.3, 0.4) is 0 Å². The normalized spacial score (nSPS) is 22.6. The van der Waals surface area contributed by atoms with Gasteiger partial charge in [0.1, 0.15) is 5.75 Å². The molecule has 0 spiro atoms. The molecule has 3 nitrogen and oxygen atoms in total. The number of nitrogens with zero attached hydrogens (tertiary/aromatic N) is 1. The molecular formula is C17H24BrClN2O. The first-order valence-corrected chi connectivity index (χ1v) is 9.47. The second kappa shape index (κ2) is 7.52. The number of phenolic OH excluding ortho intramolecular Hbond substituents is 1. The highest BCUT2D eigenvalue weighted by Gasteiger charge is 2.34. The van der Waals surface area contributed by atoms with Crippen molar-refractivity contribution in [3.63, 3.8) is 0 Å². The van der Waals surface area contributed by atoms with Crippen LogP contribution >= 0.6 is 27.5 Å². The summed E-state index contributed by atoms with van der Waals surface area (Å²) < 4.78 is 0.975. The van der Waals surface area contributed by atoms with Gasteiger partial charge in [-0.05, 0) is 30.9 Å². The summed E-state index contributed by atoms with van der Waals surface area (Å²) in [5, 5.41) is 14.5. The Morgan fingerprint density at radius 3 is 2.55 bits per heavy atom. The van der Waals surface area contributed by atoms with E-state index in [1.165, 1.54) is 32.1 Å². The van der Waals surface area contributed by atoms with Gasteiger partial charge in [0.05, 0.1) is 5.02 Å². The number of piperazine rings is 1. The lowest BCUT2D eigenvalue weighted by Gasteiger charge is -2.41. The average molecular weight is 388 g/mol. The van der Waals surface area contributed by atoms with Crippen molar-refractivity contribution < 1.29 is 5.11 Å². The average Bonchev–Trinajstić information content (AvgIpc) is 2.57. The monoisotopic (exact) mass is 386 g/mol. The highest BCUT2D eigenvalue weighted by Crippen LogP contribution is 2.46. The quantitative estimate of drug-likeness (QED) is 0.810. The van der Waals surface area contributed by atoms with Crippen LogP contribution in [0, 0.1) is 5.92 Å². The Morgan fingerprint density at radius 1 is 1.18 bits per heavy atom. The summed E-state index contributed by atoms with van der Waals surface area (Å²) in [6, 6.07) is 3.99. The minimum Gasteiger partial charge on any atom is -0.506 e. The van der Waals surface area contributed by atoms with Gasteiger partial charge in [-0.25, -0.2) is 0 Å². The maximum Gasteiger partial charge on any atom is 0.140 e. The molecule has 0 bridgehead atoms. The molecule has 1 aliphatic carbocycles. The number of nitrogens with one attached hydrogen (secondary N) is 1. The maximum atomic E-state index is 10.6. The molecule has 0 amide bonds. The molecule has 1 aromatic carbocycles. The van der Waals surface area contributed by atoms with E-state index in [1.807, 2.05) is 6.07 Å². The third kappa shape index (κ3) is 3.45. The van der Waals surface area contributed by atoms with Crippen molar-refractivity contribution in [3.8, 4) is 5.75 Å². The first kappa shape index (κ1) is 16.6. The van der Waals surface area contributed by atoms with E-state index < -0.39 is 0 Å². The summed E-state index contributed by atoms with van der Waals surface area (Å²) in [4.78, 5) is 2.53. The van der Waals surface area contributed by atoms with Crippen LogP contribution in [-0.4, -0.2) is 36.2 Å². The maximum absolute atomic E-state index is 10.6. The van der Waals surface area contributed by atoms with Gasteiger partial charge < -0.3 is 10.4 Å². The molecule has 0 radical (unpaired) electrons. The Kier molecular flexibility index (Phi) is 5.66. The lowest BCUT2D eigenvalue weighted by molar-refractivity contribution is 0.101. The van der Waals surface area contributed by atoms with Crippen molar-refractivity contribution in [2.24, 2.45) is 5.92 Å². The number of benzene rings is 1. The predicted octanol–water partition coefficient (Wildman–Crippen LogP) is 4.33. The fourth-order valence-corrected chi connectivity index (χ4v) is 4.68. The van der Waals surface area contributed by atoms with E-state index in [9.17, 15) is 5.11 Å². The molecule has 1 saturated carbocycles. The summed E-state index contributed by atoms with van der Waals surface area (Å²) in [7, 11) is 0. The predicted molar refractivity (Wildman–Crippen MR) is 94.6 cm³/mol. The van der Waals surface area contributed by atoms with Crippen molar-refractivity contribution in [3.05, 3.63) is 27.2 Å². The molecule has 5 heteroatoms. The van der Waals surface area contributed by atoms with E-state index >= 15 is 0 Å². The van der Waals surface area contributed by atoms with Gasteiger partial charge in [-0.3, -0.25) is 4.90 Å². The summed E-state index contributed by atoms with van der Waals surface area (Å²) in [6.07, 6.45) is 6.42. The standard InChI is InChI=1S/C17H24BrClN2O/c18-13-6-7-14(19)17(22)15(13)16(12-4-2-1-3-5-12)21-10-8-20-9-11-21/h6-7,12,16,20,22H,1-5,8-11H2/t16-/m1/s1. The number of phenols is 1. The van der Waals surface area contributed by atoms with Crippen molar-refractivity contribution in [2.45, 2.75) is 38.1 Å². The first-order chi connectivity index (χ1) is 10.7. The highest BCUT2D eigenvalue weighted by atomic mass is 79.9.